The van der Waals surface area contributed by atoms with Gasteiger partial charge in [0, 0.05) is 5.02 Å². The monoisotopic (exact) mass is 322 g/mol. The second-order valence-electron chi connectivity index (χ2n) is 5.67. The lowest BCUT2D eigenvalue weighted by atomic mass is 10.1. The number of nitrogens with one attached hydrogen (secondary N) is 1. The van der Waals surface area contributed by atoms with Gasteiger partial charge in [0.25, 0.3) is 5.91 Å². The average Bonchev–Trinajstić information content (AvgIpc) is 2.77. The smallest absolute Gasteiger partial charge is 0.251 e. The van der Waals surface area contributed by atoms with Gasteiger partial charge in [0.15, 0.2) is 0 Å². The number of anilines is 1. The van der Waals surface area contributed by atoms with Gasteiger partial charge in [-0.2, -0.15) is 0 Å². The van der Waals surface area contributed by atoms with Crippen molar-refractivity contribution in [2.24, 2.45) is 0 Å². The molecule has 1 fully saturated rings. The molecule has 1 aromatic rings. The van der Waals surface area contributed by atoms with Gasteiger partial charge in [-0.25, -0.2) is 4.90 Å². The Labute approximate surface area is 136 Å². The fourth-order valence-corrected chi connectivity index (χ4v) is 2.87. The Kier molecular flexibility index (Phi) is 6.40. The van der Waals surface area contributed by atoms with E-state index >= 15 is 0 Å². The van der Waals surface area contributed by atoms with Crippen LogP contribution in [0.1, 0.15) is 45.4 Å². The summed E-state index contributed by atoms with van der Waals surface area (Å²) in [5.74, 6) is -0.350. The van der Waals surface area contributed by atoms with E-state index < -0.39 is 6.04 Å². The van der Waals surface area contributed by atoms with Crippen molar-refractivity contribution in [3.8, 4) is 0 Å². The van der Waals surface area contributed by atoms with Gasteiger partial charge in [0.2, 0.25) is 5.91 Å². The largest absolute Gasteiger partial charge is 0.305 e. The van der Waals surface area contributed by atoms with Gasteiger partial charge in [0.1, 0.15) is 0 Å². The molecule has 1 aliphatic heterocycles. The summed E-state index contributed by atoms with van der Waals surface area (Å²) >= 11 is 5.93. The van der Waals surface area contributed by atoms with Crippen LogP contribution in [0.2, 0.25) is 5.02 Å². The van der Waals surface area contributed by atoms with Crippen LogP contribution < -0.4 is 10.2 Å². The van der Waals surface area contributed by atoms with E-state index in [2.05, 4.69) is 12.2 Å². The number of hydrogen-bond donors (Lipinski definition) is 1. The summed E-state index contributed by atoms with van der Waals surface area (Å²) in [6.07, 6.45) is 6.12. The minimum absolute atomic E-state index is 0.171. The SMILES string of the molecule is CCCCCCCNC1CC(=O)N(c2cccc(Cl)c2)C1=O. The maximum absolute atomic E-state index is 12.4. The summed E-state index contributed by atoms with van der Waals surface area (Å²) in [7, 11) is 0. The Hall–Kier alpha value is -1.39. The van der Waals surface area contributed by atoms with Crippen molar-refractivity contribution in [3.63, 3.8) is 0 Å². The van der Waals surface area contributed by atoms with Crippen molar-refractivity contribution in [2.45, 2.75) is 51.5 Å². The zero-order valence-corrected chi connectivity index (χ0v) is 13.7. The normalized spacial score (nSPS) is 18.3. The Morgan fingerprint density at radius 3 is 2.73 bits per heavy atom. The average molecular weight is 323 g/mol. The minimum Gasteiger partial charge on any atom is -0.305 e. The first kappa shape index (κ1) is 17.0. The number of carbonyl (C=O) groups excluding carboxylic acids is 2. The number of carbonyl (C=O) groups is 2. The van der Waals surface area contributed by atoms with Gasteiger partial charge in [-0.05, 0) is 31.2 Å². The molecule has 1 heterocycles. The lowest BCUT2D eigenvalue weighted by molar-refractivity contribution is -0.121. The summed E-state index contributed by atoms with van der Waals surface area (Å²) in [4.78, 5) is 25.7. The van der Waals surface area contributed by atoms with Crippen LogP contribution in [0.3, 0.4) is 0 Å². The number of amides is 2. The molecule has 0 bridgehead atoms. The number of halogens is 1. The molecule has 2 amide bonds. The third kappa shape index (κ3) is 4.31. The van der Waals surface area contributed by atoms with E-state index in [0.717, 1.165) is 19.4 Å². The molecule has 1 unspecified atom stereocenters. The van der Waals surface area contributed by atoms with E-state index in [1.165, 1.54) is 24.2 Å². The molecule has 0 spiro atoms. The summed E-state index contributed by atoms with van der Waals surface area (Å²) in [5, 5.41) is 3.73. The third-order valence-corrected chi connectivity index (χ3v) is 4.12. The molecular formula is C17H23ClN2O2. The summed E-state index contributed by atoms with van der Waals surface area (Å²) < 4.78 is 0. The van der Waals surface area contributed by atoms with Crippen molar-refractivity contribution in [1.29, 1.82) is 0 Å². The molecule has 1 atom stereocenters. The van der Waals surface area contributed by atoms with Gasteiger partial charge >= 0.3 is 0 Å². The fraction of sp³-hybridized carbons (Fsp3) is 0.529. The maximum atomic E-state index is 12.4. The summed E-state index contributed by atoms with van der Waals surface area (Å²) in [5.41, 5.74) is 0.551. The second-order valence-corrected chi connectivity index (χ2v) is 6.11. The van der Waals surface area contributed by atoms with Crippen LogP contribution in [0.25, 0.3) is 0 Å². The van der Waals surface area contributed by atoms with Crippen LogP contribution in [0, 0.1) is 0 Å². The molecule has 0 radical (unpaired) electrons. The molecule has 5 heteroatoms. The van der Waals surface area contributed by atoms with Gasteiger partial charge in [-0.3, -0.25) is 9.59 Å². The van der Waals surface area contributed by atoms with Crippen LogP contribution >= 0.6 is 11.6 Å². The molecular weight excluding hydrogens is 300 g/mol. The summed E-state index contributed by atoms with van der Waals surface area (Å²) in [6.45, 7) is 2.96. The fourth-order valence-electron chi connectivity index (χ4n) is 2.68. The Morgan fingerprint density at radius 1 is 1.23 bits per heavy atom. The molecule has 2 rings (SSSR count). The highest BCUT2D eigenvalue weighted by atomic mass is 35.5. The highest BCUT2D eigenvalue weighted by Crippen LogP contribution is 2.25. The minimum atomic E-state index is -0.405. The van der Waals surface area contributed by atoms with Crippen molar-refractivity contribution in [2.75, 3.05) is 11.4 Å². The molecule has 0 saturated carbocycles. The quantitative estimate of drug-likeness (QED) is 0.588. The predicted molar refractivity (Wildman–Crippen MR) is 89.1 cm³/mol. The summed E-state index contributed by atoms with van der Waals surface area (Å²) in [6, 6.07) is 6.44. The lowest BCUT2D eigenvalue weighted by Gasteiger charge is -2.15. The number of unbranched alkanes of at least 4 members (excludes halogenated alkanes) is 4. The van der Waals surface area contributed by atoms with Crippen LogP contribution in [-0.2, 0) is 9.59 Å². The van der Waals surface area contributed by atoms with Crippen molar-refractivity contribution < 1.29 is 9.59 Å². The zero-order chi connectivity index (χ0) is 15.9. The number of nitrogens with zero attached hydrogens (tertiary/aromatic N) is 1. The lowest BCUT2D eigenvalue weighted by Crippen LogP contribution is -2.39. The van der Waals surface area contributed by atoms with Gasteiger partial charge in [-0.1, -0.05) is 50.3 Å². The van der Waals surface area contributed by atoms with Crippen LogP contribution in [0.5, 0.6) is 0 Å². The van der Waals surface area contributed by atoms with Crippen LogP contribution in [0.4, 0.5) is 5.69 Å². The second kappa shape index (κ2) is 8.30. The zero-order valence-electron chi connectivity index (χ0n) is 13.0. The first-order valence-electron chi connectivity index (χ1n) is 7.99. The van der Waals surface area contributed by atoms with Gasteiger partial charge in [-0.15, -0.1) is 0 Å². The number of benzene rings is 1. The topological polar surface area (TPSA) is 49.4 Å². The Morgan fingerprint density at radius 2 is 2.00 bits per heavy atom. The first-order chi connectivity index (χ1) is 10.6. The molecule has 0 aliphatic carbocycles. The number of hydrogen-bond acceptors (Lipinski definition) is 3. The van der Waals surface area contributed by atoms with Crippen molar-refractivity contribution >= 4 is 29.1 Å². The molecule has 1 saturated heterocycles. The maximum Gasteiger partial charge on any atom is 0.251 e. The third-order valence-electron chi connectivity index (χ3n) is 3.88. The molecule has 1 aliphatic rings. The van der Waals surface area contributed by atoms with E-state index in [4.69, 9.17) is 11.6 Å². The Bertz CT molecular complexity index is 533. The van der Waals surface area contributed by atoms with E-state index in [-0.39, 0.29) is 18.2 Å². The van der Waals surface area contributed by atoms with Crippen molar-refractivity contribution in [1.82, 2.24) is 5.32 Å². The predicted octanol–water partition coefficient (Wildman–Crippen LogP) is 3.53. The van der Waals surface area contributed by atoms with E-state index in [1.54, 1.807) is 24.3 Å². The number of rotatable bonds is 8. The van der Waals surface area contributed by atoms with E-state index in [9.17, 15) is 9.59 Å². The molecule has 22 heavy (non-hydrogen) atoms. The molecule has 4 nitrogen and oxygen atoms in total. The first-order valence-corrected chi connectivity index (χ1v) is 8.37. The standard InChI is InChI=1S/C17H23ClN2O2/c1-2-3-4-5-6-10-19-15-12-16(21)20(17(15)22)14-9-7-8-13(18)11-14/h7-9,11,15,19H,2-6,10,12H2,1H3. The highest BCUT2D eigenvalue weighted by molar-refractivity contribution is 6.31. The highest BCUT2D eigenvalue weighted by Gasteiger charge is 2.39. The van der Waals surface area contributed by atoms with Crippen molar-refractivity contribution in [3.05, 3.63) is 29.3 Å². The van der Waals surface area contributed by atoms with Gasteiger partial charge in [0.05, 0.1) is 18.2 Å². The van der Waals surface area contributed by atoms with Crippen LogP contribution in [0.15, 0.2) is 24.3 Å². The molecule has 1 aromatic carbocycles. The molecule has 120 valence electrons. The van der Waals surface area contributed by atoms with Gasteiger partial charge < -0.3 is 5.32 Å². The van der Waals surface area contributed by atoms with E-state index in [1.807, 2.05) is 0 Å². The molecule has 1 N–H and O–H groups in total. The number of imide groups is 1. The van der Waals surface area contributed by atoms with Crippen LogP contribution in [-0.4, -0.2) is 24.4 Å². The van der Waals surface area contributed by atoms with E-state index in [0.29, 0.717) is 10.7 Å². The Balaban J connectivity index is 1.86. The molecule has 0 aromatic heterocycles.